The molecule has 1 saturated heterocycles. The minimum atomic E-state index is -3.09. The Morgan fingerprint density at radius 3 is 2.43 bits per heavy atom. The van der Waals surface area contributed by atoms with Gasteiger partial charge in [-0.25, -0.2) is 12.7 Å². The summed E-state index contributed by atoms with van der Waals surface area (Å²) in [7, 11) is -1.40. The van der Waals surface area contributed by atoms with Crippen molar-refractivity contribution in [2.75, 3.05) is 32.9 Å². The summed E-state index contributed by atoms with van der Waals surface area (Å²) in [5.74, 6) is 0.669. The van der Waals surface area contributed by atoms with Crippen molar-refractivity contribution in [2.45, 2.75) is 44.7 Å². The van der Waals surface area contributed by atoms with Gasteiger partial charge < -0.3 is 4.90 Å². The van der Waals surface area contributed by atoms with Gasteiger partial charge in [0.25, 0.3) is 0 Å². The predicted octanol–water partition coefficient (Wildman–Crippen LogP) is 1.87. The quantitative estimate of drug-likeness (QED) is 0.591. The molecule has 1 fully saturated rings. The number of benzene rings is 1. The number of aryl methyl sites for hydroxylation is 1. The Labute approximate surface area is 167 Å². The molecule has 154 valence electrons. The summed E-state index contributed by atoms with van der Waals surface area (Å²) in [5, 5.41) is 12.7. The molecule has 1 aliphatic heterocycles. The third-order valence-corrected chi connectivity index (χ3v) is 6.76. The molecule has 2 heterocycles. The van der Waals surface area contributed by atoms with Crippen molar-refractivity contribution < 1.29 is 8.42 Å². The third kappa shape index (κ3) is 5.83. The van der Waals surface area contributed by atoms with Crippen molar-refractivity contribution >= 4 is 10.0 Å². The van der Waals surface area contributed by atoms with Gasteiger partial charge in [-0.1, -0.05) is 36.8 Å². The van der Waals surface area contributed by atoms with Crippen molar-refractivity contribution in [3.05, 3.63) is 30.3 Å². The molecule has 1 aromatic carbocycles. The SMILES string of the molecule is CN(C1CCN(CCCCCn2nnc(-c3ccccc3)n2)CC1)S(C)(=O)=O. The van der Waals surface area contributed by atoms with Crippen LogP contribution in [-0.4, -0.2) is 76.8 Å². The van der Waals surface area contributed by atoms with Crippen LogP contribution in [0.25, 0.3) is 11.4 Å². The molecule has 0 spiro atoms. The maximum atomic E-state index is 11.7. The molecule has 0 bridgehead atoms. The first-order chi connectivity index (χ1) is 13.4. The minimum Gasteiger partial charge on any atom is -0.303 e. The molecule has 0 aliphatic carbocycles. The molecule has 0 N–H and O–H groups in total. The summed E-state index contributed by atoms with van der Waals surface area (Å²) in [5.41, 5.74) is 0.985. The lowest BCUT2D eigenvalue weighted by atomic mass is 10.0. The first-order valence-electron chi connectivity index (χ1n) is 9.92. The molecular weight excluding hydrogens is 376 g/mol. The van der Waals surface area contributed by atoms with Crippen LogP contribution in [0.2, 0.25) is 0 Å². The van der Waals surface area contributed by atoms with Gasteiger partial charge in [0, 0.05) is 18.7 Å². The van der Waals surface area contributed by atoms with Crippen molar-refractivity contribution in [1.82, 2.24) is 29.4 Å². The Morgan fingerprint density at radius 1 is 1.07 bits per heavy atom. The summed E-state index contributed by atoms with van der Waals surface area (Å²) < 4.78 is 24.8. The van der Waals surface area contributed by atoms with Gasteiger partial charge in [0.05, 0.1) is 12.8 Å². The van der Waals surface area contributed by atoms with E-state index >= 15 is 0 Å². The number of unbranched alkanes of at least 4 members (excludes halogenated alkanes) is 2. The molecule has 0 radical (unpaired) electrons. The number of sulfonamides is 1. The average Bonchev–Trinajstić information content (AvgIpc) is 3.17. The molecule has 28 heavy (non-hydrogen) atoms. The van der Waals surface area contributed by atoms with Crippen LogP contribution in [0.4, 0.5) is 0 Å². The molecule has 1 aromatic heterocycles. The monoisotopic (exact) mass is 406 g/mol. The normalized spacial score (nSPS) is 16.7. The molecule has 1 aliphatic rings. The number of piperidine rings is 1. The van der Waals surface area contributed by atoms with Crippen LogP contribution in [-0.2, 0) is 16.6 Å². The fourth-order valence-electron chi connectivity index (χ4n) is 3.58. The van der Waals surface area contributed by atoms with E-state index in [1.54, 1.807) is 11.8 Å². The van der Waals surface area contributed by atoms with Crippen LogP contribution >= 0.6 is 0 Å². The van der Waals surface area contributed by atoms with Crippen LogP contribution in [0.1, 0.15) is 32.1 Å². The molecular formula is C19H30N6O2S. The summed E-state index contributed by atoms with van der Waals surface area (Å²) in [6.07, 6.45) is 6.38. The van der Waals surface area contributed by atoms with E-state index in [1.165, 1.54) is 10.6 Å². The highest BCUT2D eigenvalue weighted by molar-refractivity contribution is 7.88. The summed E-state index contributed by atoms with van der Waals surface area (Å²) in [6.45, 7) is 3.78. The van der Waals surface area contributed by atoms with Gasteiger partial charge in [-0.3, -0.25) is 0 Å². The van der Waals surface area contributed by atoms with Crippen molar-refractivity contribution in [3.8, 4) is 11.4 Å². The van der Waals surface area contributed by atoms with Crippen molar-refractivity contribution in [2.24, 2.45) is 0 Å². The summed E-state index contributed by atoms with van der Waals surface area (Å²) in [6, 6.07) is 10.0. The fraction of sp³-hybridized carbons (Fsp3) is 0.632. The number of likely N-dealkylation sites (tertiary alicyclic amines) is 1. The molecule has 3 rings (SSSR count). The van der Waals surface area contributed by atoms with E-state index < -0.39 is 10.0 Å². The highest BCUT2D eigenvalue weighted by Crippen LogP contribution is 2.18. The third-order valence-electron chi connectivity index (χ3n) is 5.41. The average molecular weight is 407 g/mol. The molecule has 8 nitrogen and oxygen atoms in total. The highest BCUT2D eigenvalue weighted by atomic mass is 32.2. The van der Waals surface area contributed by atoms with E-state index in [0.717, 1.165) is 63.8 Å². The van der Waals surface area contributed by atoms with E-state index in [0.29, 0.717) is 5.82 Å². The van der Waals surface area contributed by atoms with Gasteiger partial charge in [0.2, 0.25) is 15.8 Å². The number of hydrogen-bond donors (Lipinski definition) is 0. The van der Waals surface area contributed by atoms with Crippen molar-refractivity contribution in [1.29, 1.82) is 0 Å². The van der Waals surface area contributed by atoms with Crippen molar-refractivity contribution in [3.63, 3.8) is 0 Å². The Hall–Kier alpha value is -1.84. The first-order valence-corrected chi connectivity index (χ1v) is 11.8. The predicted molar refractivity (Wildman–Crippen MR) is 109 cm³/mol. The Kier molecular flexibility index (Phi) is 7.14. The Bertz CT molecular complexity index is 831. The van der Waals surface area contributed by atoms with Gasteiger partial charge >= 0.3 is 0 Å². The topological polar surface area (TPSA) is 84.2 Å². The van der Waals surface area contributed by atoms with Gasteiger partial charge in [0.1, 0.15) is 0 Å². The zero-order valence-corrected chi connectivity index (χ0v) is 17.6. The van der Waals surface area contributed by atoms with Crippen LogP contribution in [0, 0.1) is 0 Å². The first kappa shape index (κ1) is 20.9. The maximum absolute atomic E-state index is 11.7. The molecule has 0 atom stereocenters. The zero-order chi connectivity index (χ0) is 20.0. The lowest BCUT2D eigenvalue weighted by Gasteiger charge is -2.35. The van der Waals surface area contributed by atoms with Crippen LogP contribution < -0.4 is 0 Å². The second-order valence-electron chi connectivity index (χ2n) is 7.49. The van der Waals surface area contributed by atoms with E-state index in [9.17, 15) is 8.42 Å². The number of tetrazole rings is 1. The van der Waals surface area contributed by atoms with Gasteiger partial charge in [-0.05, 0) is 50.5 Å². The highest BCUT2D eigenvalue weighted by Gasteiger charge is 2.26. The molecule has 9 heteroatoms. The Morgan fingerprint density at radius 2 is 1.75 bits per heavy atom. The number of aromatic nitrogens is 4. The molecule has 0 saturated carbocycles. The van der Waals surface area contributed by atoms with Crippen LogP contribution in [0.5, 0.6) is 0 Å². The number of hydrogen-bond acceptors (Lipinski definition) is 6. The summed E-state index contributed by atoms with van der Waals surface area (Å²) in [4.78, 5) is 4.11. The number of rotatable bonds is 9. The summed E-state index contributed by atoms with van der Waals surface area (Å²) >= 11 is 0. The van der Waals surface area contributed by atoms with Crippen LogP contribution in [0.3, 0.4) is 0 Å². The molecule has 0 amide bonds. The second kappa shape index (κ2) is 9.58. The Balaban J connectivity index is 1.31. The molecule has 2 aromatic rings. The lowest BCUT2D eigenvalue weighted by Crippen LogP contribution is -2.45. The molecule has 0 unspecified atom stereocenters. The smallest absolute Gasteiger partial charge is 0.211 e. The van der Waals surface area contributed by atoms with Gasteiger partial charge in [-0.15, -0.1) is 10.2 Å². The van der Waals surface area contributed by atoms with E-state index in [2.05, 4.69) is 20.3 Å². The number of nitrogens with zero attached hydrogens (tertiary/aromatic N) is 6. The minimum absolute atomic E-state index is 0.142. The maximum Gasteiger partial charge on any atom is 0.211 e. The van der Waals surface area contributed by atoms with Gasteiger partial charge in [-0.2, -0.15) is 4.80 Å². The second-order valence-corrected chi connectivity index (χ2v) is 9.53. The van der Waals surface area contributed by atoms with E-state index in [-0.39, 0.29) is 6.04 Å². The fourth-order valence-corrected chi connectivity index (χ4v) is 4.34. The lowest BCUT2D eigenvalue weighted by molar-refractivity contribution is 0.167. The van der Waals surface area contributed by atoms with E-state index in [4.69, 9.17) is 0 Å². The van der Waals surface area contributed by atoms with E-state index in [1.807, 2.05) is 30.3 Å². The zero-order valence-electron chi connectivity index (χ0n) is 16.7. The van der Waals surface area contributed by atoms with Gasteiger partial charge in [0.15, 0.2) is 0 Å². The standard InChI is InChI=1S/C19H30N6O2S/c1-23(28(2,26)27)18-11-15-24(16-12-18)13-7-4-8-14-25-21-19(20-22-25)17-9-5-3-6-10-17/h3,5-6,9-10,18H,4,7-8,11-16H2,1-2H3. The van der Waals surface area contributed by atoms with Crippen LogP contribution in [0.15, 0.2) is 30.3 Å². The largest absolute Gasteiger partial charge is 0.303 e.